The molecule has 6 heteroatoms. The van der Waals surface area contributed by atoms with Crippen LogP contribution in [0.4, 0.5) is 13.6 Å². The fraction of sp³-hybridized carbons (Fsp3) is 0.500. The number of aliphatic hydroxyl groups is 1. The van der Waals surface area contributed by atoms with Gasteiger partial charge in [-0.15, -0.1) is 0 Å². The van der Waals surface area contributed by atoms with Crippen LogP contribution in [0.1, 0.15) is 11.1 Å². The van der Waals surface area contributed by atoms with E-state index in [4.69, 9.17) is 5.11 Å². The summed E-state index contributed by atoms with van der Waals surface area (Å²) in [5.74, 6) is -3.86. The summed E-state index contributed by atoms with van der Waals surface area (Å²) >= 11 is 0. The number of rotatable bonds is 3. The van der Waals surface area contributed by atoms with E-state index in [1.807, 2.05) is 6.07 Å². The number of nitrogens with one attached hydrogen (secondary N) is 1. The second-order valence-corrected chi connectivity index (χ2v) is 5.43. The Morgan fingerprint density at radius 3 is 2.65 bits per heavy atom. The van der Waals surface area contributed by atoms with E-state index in [9.17, 15) is 13.6 Å². The zero-order chi connectivity index (χ0) is 14.3. The molecule has 2 fully saturated rings. The van der Waals surface area contributed by atoms with Crippen LogP contribution in [0.25, 0.3) is 0 Å². The molecule has 0 radical (unpaired) electrons. The molecule has 1 aliphatic carbocycles. The first kappa shape index (κ1) is 13.3. The minimum Gasteiger partial charge on any atom is -0.392 e. The lowest BCUT2D eigenvalue weighted by Gasteiger charge is -2.20. The van der Waals surface area contributed by atoms with Gasteiger partial charge >= 0.3 is 6.03 Å². The minimum atomic E-state index is -2.56. The number of alkyl halides is 2. The number of fused-ring (bicyclic) bond motifs is 1. The van der Waals surface area contributed by atoms with Crippen LogP contribution in [0.3, 0.4) is 0 Å². The van der Waals surface area contributed by atoms with Gasteiger partial charge in [-0.25, -0.2) is 13.6 Å². The van der Waals surface area contributed by atoms with Gasteiger partial charge in [0.15, 0.2) is 0 Å². The third-order valence-electron chi connectivity index (χ3n) is 4.10. The lowest BCUT2D eigenvalue weighted by molar-refractivity contribution is 0.0595. The predicted molar refractivity (Wildman–Crippen MR) is 68.1 cm³/mol. The number of benzene rings is 1. The molecule has 0 aromatic heterocycles. The van der Waals surface area contributed by atoms with Gasteiger partial charge in [-0.05, 0) is 11.1 Å². The van der Waals surface area contributed by atoms with E-state index in [1.54, 1.807) is 18.2 Å². The molecule has 2 aliphatic rings. The highest BCUT2D eigenvalue weighted by Gasteiger charge is 2.72. The zero-order valence-electron chi connectivity index (χ0n) is 10.9. The Bertz CT molecular complexity index is 522. The summed E-state index contributed by atoms with van der Waals surface area (Å²) in [6.45, 7) is 0.557. The molecule has 1 saturated carbocycles. The second-order valence-electron chi connectivity index (χ2n) is 5.43. The first-order valence-electron chi connectivity index (χ1n) is 6.61. The topological polar surface area (TPSA) is 52.6 Å². The third kappa shape index (κ3) is 2.24. The molecule has 1 heterocycles. The summed E-state index contributed by atoms with van der Waals surface area (Å²) in [5.41, 5.74) is 1.65. The third-order valence-corrected chi connectivity index (χ3v) is 4.10. The van der Waals surface area contributed by atoms with Crippen molar-refractivity contribution in [1.82, 2.24) is 10.2 Å². The van der Waals surface area contributed by atoms with Gasteiger partial charge in [0.05, 0.1) is 18.4 Å². The maximum Gasteiger partial charge on any atom is 0.317 e. The van der Waals surface area contributed by atoms with E-state index in [2.05, 4.69) is 5.32 Å². The Kier molecular flexibility index (Phi) is 3.12. The predicted octanol–water partition coefficient (Wildman–Crippen LogP) is 1.59. The molecule has 0 spiro atoms. The van der Waals surface area contributed by atoms with E-state index >= 15 is 0 Å². The molecule has 1 aliphatic heterocycles. The van der Waals surface area contributed by atoms with E-state index in [0.717, 1.165) is 11.1 Å². The van der Waals surface area contributed by atoms with E-state index in [0.29, 0.717) is 6.54 Å². The summed E-state index contributed by atoms with van der Waals surface area (Å²) in [6, 6.07) is 6.94. The Morgan fingerprint density at radius 2 is 2.00 bits per heavy atom. The molecule has 1 saturated heterocycles. The van der Waals surface area contributed by atoms with Crippen LogP contribution in [-0.4, -0.2) is 35.0 Å². The minimum absolute atomic E-state index is 0.0493. The quantitative estimate of drug-likeness (QED) is 0.884. The van der Waals surface area contributed by atoms with Crippen LogP contribution in [0.5, 0.6) is 0 Å². The summed E-state index contributed by atoms with van der Waals surface area (Å²) in [6.07, 6.45) is 0. The Morgan fingerprint density at radius 1 is 1.35 bits per heavy atom. The first-order chi connectivity index (χ1) is 9.52. The molecule has 4 nitrogen and oxygen atoms in total. The standard InChI is InChI=1S/C14H16F2N2O2/c15-14(16)11-6-18(7-12(11)14)13(20)17-5-9-2-1-3-10(4-9)8-19/h1-4,11-12,19H,5-8H2,(H,17,20). The van der Waals surface area contributed by atoms with Crippen molar-refractivity contribution >= 4 is 6.03 Å². The average Bonchev–Trinajstić information content (AvgIpc) is 2.85. The number of aliphatic hydroxyl groups excluding tert-OH is 1. The van der Waals surface area contributed by atoms with E-state index < -0.39 is 17.8 Å². The van der Waals surface area contributed by atoms with Crippen molar-refractivity contribution in [2.24, 2.45) is 11.8 Å². The number of carbonyl (C=O) groups is 1. The molecule has 1 aromatic rings. The number of halogens is 2. The number of piperidine rings is 1. The maximum absolute atomic E-state index is 13.0. The molecule has 2 N–H and O–H groups in total. The van der Waals surface area contributed by atoms with Crippen molar-refractivity contribution in [2.45, 2.75) is 19.1 Å². The second kappa shape index (κ2) is 4.70. The van der Waals surface area contributed by atoms with Crippen molar-refractivity contribution in [3.63, 3.8) is 0 Å². The number of nitrogens with zero attached hydrogens (tertiary/aromatic N) is 1. The average molecular weight is 282 g/mol. The molecule has 3 rings (SSSR count). The van der Waals surface area contributed by atoms with Gasteiger partial charge < -0.3 is 15.3 Å². The van der Waals surface area contributed by atoms with Gasteiger partial charge in [0.1, 0.15) is 0 Å². The van der Waals surface area contributed by atoms with Crippen LogP contribution in [0.2, 0.25) is 0 Å². The van der Waals surface area contributed by atoms with Crippen LogP contribution in [0.15, 0.2) is 24.3 Å². The van der Waals surface area contributed by atoms with Gasteiger partial charge in [-0.3, -0.25) is 0 Å². The molecular formula is C14H16F2N2O2. The van der Waals surface area contributed by atoms with Gasteiger partial charge in [0.25, 0.3) is 5.92 Å². The van der Waals surface area contributed by atoms with Crippen molar-refractivity contribution in [2.75, 3.05) is 13.1 Å². The van der Waals surface area contributed by atoms with E-state index in [-0.39, 0.29) is 25.7 Å². The Balaban J connectivity index is 1.51. The Hall–Kier alpha value is -1.69. The van der Waals surface area contributed by atoms with Gasteiger partial charge in [-0.1, -0.05) is 24.3 Å². The van der Waals surface area contributed by atoms with Crippen molar-refractivity contribution < 1.29 is 18.7 Å². The van der Waals surface area contributed by atoms with Crippen LogP contribution in [-0.2, 0) is 13.2 Å². The summed E-state index contributed by atoms with van der Waals surface area (Å²) in [5, 5.41) is 11.7. The SMILES string of the molecule is O=C(NCc1cccc(CO)c1)N1CC2C(C1)C2(F)F. The maximum atomic E-state index is 13.0. The normalized spacial score (nSPS) is 26.2. The van der Waals surface area contributed by atoms with E-state index in [1.165, 1.54) is 4.90 Å². The zero-order valence-corrected chi connectivity index (χ0v) is 10.9. The van der Waals surface area contributed by atoms with Gasteiger partial charge in [0.2, 0.25) is 0 Å². The molecule has 108 valence electrons. The highest BCUT2D eigenvalue weighted by atomic mass is 19.3. The summed E-state index contributed by atoms with van der Waals surface area (Å²) < 4.78 is 26.1. The van der Waals surface area contributed by atoms with Crippen LogP contribution < -0.4 is 5.32 Å². The molecule has 2 amide bonds. The molecule has 0 bridgehead atoms. The monoisotopic (exact) mass is 282 g/mol. The van der Waals surface area contributed by atoms with Gasteiger partial charge in [-0.2, -0.15) is 0 Å². The van der Waals surface area contributed by atoms with Crippen molar-refractivity contribution in [3.8, 4) is 0 Å². The highest BCUT2D eigenvalue weighted by molar-refractivity contribution is 5.75. The molecule has 20 heavy (non-hydrogen) atoms. The largest absolute Gasteiger partial charge is 0.392 e. The van der Waals surface area contributed by atoms with Crippen molar-refractivity contribution in [1.29, 1.82) is 0 Å². The molecule has 2 unspecified atom stereocenters. The van der Waals surface area contributed by atoms with Gasteiger partial charge in [0, 0.05) is 19.6 Å². The fourth-order valence-electron chi connectivity index (χ4n) is 2.80. The summed E-state index contributed by atoms with van der Waals surface area (Å²) in [7, 11) is 0. The molecule has 2 atom stereocenters. The fourth-order valence-corrected chi connectivity index (χ4v) is 2.80. The summed E-state index contributed by atoms with van der Waals surface area (Å²) in [4.78, 5) is 13.3. The number of urea groups is 1. The first-order valence-corrected chi connectivity index (χ1v) is 6.61. The number of amides is 2. The number of likely N-dealkylation sites (tertiary alicyclic amines) is 1. The lowest BCUT2D eigenvalue weighted by Crippen LogP contribution is -2.40. The number of hydrogen-bond acceptors (Lipinski definition) is 2. The highest BCUT2D eigenvalue weighted by Crippen LogP contribution is 2.59. The van der Waals surface area contributed by atoms with Crippen molar-refractivity contribution in [3.05, 3.63) is 35.4 Å². The Labute approximate surface area is 115 Å². The lowest BCUT2D eigenvalue weighted by atomic mass is 10.1. The molecule has 1 aromatic carbocycles. The van der Waals surface area contributed by atoms with Crippen LogP contribution in [0, 0.1) is 11.8 Å². The molecular weight excluding hydrogens is 266 g/mol. The number of hydrogen-bond donors (Lipinski definition) is 2. The smallest absolute Gasteiger partial charge is 0.317 e. The number of carbonyl (C=O) groups excluding carboxylic acids is 1. The van der Waals surface area contributed by atoms with Crippen LogP contribution >= 0.6 is 0 Å².